The molecule has 0 saturated carbocycles. The van der Waals surface area contributed by atoms with Crippen molar-refractivity contribution in [2.75, 3.05) is 13.2 Å². The summed E-state index contributed by atoms with van der Waals surface area (Å²) in [5, 5.41) is 0.223. The van der Waals surface area contributed by atoms with Crippen LogP contribution in [0, 0.1) is 11.6 Å². The third-order valence-electron chi connectivity index (χ3n) is 4.14. The first-order valence-electron chi connectivity index (χ1n) is 7.85. The summed E-state index contributed by atoms with van der Waals surface area (Å²) in [5.41, 5.74) is -0.106. The molecule has 1 aliphatic heterocycles. The Labute approximate surface area is 141 Å². The summed E-state index contributed by atoms with van der Waals surface area (Å²) in [6.07, 6.45) is 0.767. The van der Waals surface area contributed by atoms with Crippen LogP contribution in [0.2, 0.25) is 0 Å². The lowest BCUT2D eigenvalue weighted by Crippen LogP contribution is -2.15. The van der Waals surface area contributed by atoms with Crippen LogP contribution in [0.3, 0.4) is 0 Å². The molecule has 1 aromatic heterocycles. The van der Waals surface area contributed by atoms with Crippen molar-refractivity contribution in [2.45, 2.75) is 12.3 Å². The van der Waals surface area contributed by atoms with Crippen LogP contribution >= 0.6 is 0 Å². The van der Waals surface area contributed by atoms with Crippen LogP contribution in [-0.4, -0.2) is 23.2 Å². The van der Waals surface area contributed by atoms with E-state index in [0.29, 0.717) is 19.0 Å². The molecule has 1 saturated heterocycles. The van der Waals surface area contributed by atoms with Gasteiger partial charge in [-0.2, -0.15) is 0 Å². The van der Waals surface area contributed by atoms with Crippen molar-refractivity contribution in [1.82, 2.24) is 9.97 Å². The van der Waals surface area contributed by atoms with E-state index in [1.54, 1.807) is 0 Å². The standard InChI is InChI=1S/C18H14F2N2O3/c19-11-1-3-12(4-2-11)25-16-7-13-15(8-14(16)20)21-17(22-18(13)23)10-5-6-24-9-10/h1-4,7-8,10H,5-6,9H2,(H,21,22,23). The molecule has 5 nitrogen and oxygen atoms in total. The maximum Gasteiger partial charge on any atom is 0.258 e. The van der Waals surface area contributed by atoms with E-state index in [1.807, 2.05) is 0 Å². The van der Waals surface area contributed by atoms with Gasteiger partial charge >= 0.3 is 0 Å². The van der Waals surface area contributed by atoms with Crippen LogP contribution in [0.5, 0.6) is 11.5 Å². The Morgan fingerprint density at radius 3 is 2.72 bits per heavy atom. The van der Waals surface area contributed by atoms with Crippen molar-refractivity contribution in [3.05, 3.63) is 64.2 Å². The van der Waals surface area contributed by atoms with Gasteiger partial charge in [-0.05, 0) is 36.8 Å². The maximum atomic E-state index is 14.3. The zero-order valence-electron chi connectivity index (χ0n) is 13.1. The predicted molar refractivity (Wildman–Crippen MR) is 87.0 cm³/mol. The topological polar surface area (TPSA) is 64.2 Å². The number of nitrogens with one attached hydrogen (secondary N) is 1. The molecule has 7 heteroatoms. The zero-order chi connectivity index (χ0) is 17.4. The minimum atomic E-state index is -0.649. The van der Waals surface area contributed by atoms with Gasteiger partial charge in [0, 0.05) is 18.6 Å². The molecule has 128 valence electrons. The van der Waals surface area contributed by atoms with Crippen LogP contribution in [-0.2, 0) is 4.74 Å². The third kappa shape index (κ3) is 3.10. The van der Waals surface area contributed by atoms with E-state index >= 15 is 0 Å². The number of ether oxygens (including phenoxy) is 2. The van der Waals surface area contributed by atoms with Crippen molar-refractivity contribution < 1.29 is 18.3 Å². The Hall–Kier alpha value is -2.80. The minimum Gasteiger partial charge on any atom is -0.454 e. The van der Waals surface area contributed by atoms with E-state index in [4.69, 9.17) is 9.47 Å². The first-order valence-corrected chi connectivity index (χ1v) is 7.85. The SMILES string of the molecule is O=c1[nH]c(C2CCOC2)nc2cc(F)c(Oc3ccc(F)cc3)cc12. The van der Waals surface area contributed by atoms with Gasteiger partial charge < -0.3 is 14.5 Å². The summed E-state index contributed by atoms with van der Waals surface area (Å²) in [6.45, 7) is 1.11. The molecular formula is C18H14F2N2O3. The van der Waals surface area contributed by atoms with Gasteiger partial charge in [0.25, 0.3) is 5.56 Å². The Kier molecular flexibility index (Phi) is 3.93. The van der Waals surface area contributed by atoms with E-state index in [-0.39, 0.29) is 33.9 Å². The number of aromatic amines is 1. The molecule has 1 atom stereocenters. The molecule has 0 aliphatic carbocycles. The fraction of sp³-hybridized carbons (Fsp3) is 0.222. The number of H-pyrrole nitrogens is 1. The summed E-state index contributed by atoms with van der Waals surface area (Å²) in [4.78, 5) is 19.4. The predicted octanol–water partition coefficient (Wildman–Crippen LogP) is 3.50. The Bertz CT molecular complexity index is 980. The Balaban J connectivity index is 1.73. The molecule has 2 aromatic carbocycles. The average molecular weight is 344 g/mol. The minimum absolute atomic E-state index is 0.00954. The van der Waals surface area contributed by atoms with E-state index in [9.17, 15) is 13.6 Å². The summed E-state index contributed by atoms with van der Waals surface area (Å²) >= 11 is 0. The molecular weight excluding hydrogens is 330 g/mol. The second-order valence-corrected chi connectivity index (χ2v) is 5.87. The molecule has 1 fully saturated rings. The highest BCUT2D eigenvalue weighted by atomic mass is 19.1. The van der Waals surface area contributed by atoms with E-state index < -0.39 is 11.6 Å². The second-order valence-electron chi connectivity index (χ2n) is 5.87. The fourth-order valence-electron chi connectivity index (χ4n) is 2.81. The maximum absolute atomic E-state index is 14.3. The molecule has 25 heavy (non-hydrogen) atoms. The number of hydrogen-bond acceptors (Lipinski definition) is 4. The molecule has 1 unspecified atom stereocenters. The lowest BCUT2D eigenvalue weighted by atomic mass is 10.1. The average Bonchev–Trinajstić information content (AvgIpc) is 3.12. The highest BCUT2D eigenvalue weighted by Gasteiger charge is 2.21. The van der Waals surface area contributed by atoms with E-state index in [2.05, 4.69) is 9.97 Å². The summed E-state index contributed by atoms with van der Waals surface area (Å²) < 4.78 is 38.0. The van der Waals surface area contributed by atoms with Gasteiger partial charge in [-0.25, -0.2) is 13.8 Å². The number of benzene rings is 2. The van der Waals surface area contributed by atoms with Crippen LogP contribution in [0.25, 0.3) is 10.9 Å². The largest absolute Gasteiger partial charge is 0.454 e. The van der Waals surface area contributed by atoms with Crippen molar-refractivity contribution in [1.29, 1.82) is 0 Å². The molecule has 0 spiro atoms. The van der Waals surface area contributed by atoms with Crippen molar-refractivity contribution in [2.24, 2.45) is 0 Å². The lowest BCUT2D eigenvalue weighted by molar-refractivity contribution is 0.193. The van der Waals surface area contributed by atoms with Crippen molar-refractivity contribution >= 4 is 10.9 Å². The number of halogens is 2. The molecule has 3 aromatic rings. The Morgan fingerprint density at radius 2 is 2.00 bits per heavy atom. The lowest BCUT2D eigenvalue weighted by Gasteiger charge is -2.10. The highest BCUT2D eigenvalue weighted by molar-refractivity contribution is 5.79. The molecule has 2 heterocycles. The van der Waals surface area contributed by atoms with Crippen LogP contribution in [0.1, 0.15) is 18.2 Å². The summed E-state index contributed by atoms with van der Waals surface area (Å²) in [6, 6.07) is 7.64. The number of hydrogen-bond donors (Lipinski definition) is 1. The Morgan fingerprint density at radius 1 is 1.20 bits per heavy atom. The first-order chi connectivity index (χ1) is 12.1. The van der Waals surface area contributed by atoms with Gasteiger partial charge in [0.05, 0.1) is 17.5 Å². The first kappa shape index (κ1) is 15.7. The summed E-state index contributed by atoms with van der Waals surface area (Å²) in [5.74, 6) is -0.414. The van der Waals surface area contributed by atoms with E-state index in [0.717, 1.165) is 6.42 Å². The third-order valence-corrected chi connectivity index (χ3v) is 4.14. The van der Waals surface area contributed by atoms with Gasteiger partial charge in [-0.3, -0.25) is 4.79 Å². The van der Waals surface area contributed by atoms with Crippen molar-refractivity contribution in [3.8, 4) is 11.5 Å². The number of aromatic nitrogens is 2. The van der Waals surface area contributed by atoms with Gasteiger partial charge in [0.1, 0.15) is 17.4 Å². The number of nitrogens with zero attached hydrogens (tertiary/aromatic N) is 1. The molecule has 0 bridgehead atoms. The normalized spacial score (nSPS) is 17.1. The van der Waals surface area contributed by atoms with Crippen molar-refractivity contribution in [3.63, 3.8) is 0 Å². The van der Waals surface area contributed by atoms with Crippen LogP contribution < -0.4 is 10.3 Å². The monoisotopic (exact) mass is 344 g/mol. The molecule has 1 N–H and O–H groups in total. The fourth-order valence-corrected chi connectivity index (χ4v) is 2.81. The van der Waals surface area contributed by atoms with Gasteiger partial charge in [-0.1, -0.05) is 0 Å². The van der Waals surface area contributed by atoms with E-state index in [1.165, 1.54) is 36.4 Å². The zero-order valence-corrected chi connectivity index (χ0v) is 13.1. The van der Waals surface area contributed by atoms with Crippen LogP contribution in [0.15, 0.2) is 41.2 Å². The number of rotatable bonds is 3. The molecule has 1 aliphatic rings. The molecule has 0 radical (unpaired) electrons. The van der Waals surface area contributed by atoms with Gasteiger partial charge in [-0.15, -0.1) is 0 Å². The molecule has 4 rings (SSSR count). The molecule has 0 amide bonds. The van der Waals surface area contributed by atoms with Crippen LogP contribution in [0.4, 0.5) is 8.78 Å². The van der Waals surface area contributed by atoms with Gasteiger partial charge in [0.2, 0.25) is 0 Å². The smallest absolute Gasteiger partial charge is 0.258 e. The summed E-state index contributed by atoms with van der Waals surface area (Å²) in [7, 11) is 0. The quantitative estimate of drug-likeness (QED) is 0.790. The van der Waals surface area contributed by atoms with Gasteiger partial charge in [0.15, 0.2) is 11.6 Å². The second kappa shape index (κ2) is 6.25. The number of fused-ring (bicyclic) bond motifs is 1. The highest BCUT2D eigenvalue weighted by Crippen LogP contribution is 2.28.